The fraction of sp³-hybridized carbons (Fsp3) is 0.222. The van der Waals surface area contributed by atoms with Crippen molar-refractivity contribution >= 4 is 17.1 Å². The van der Waals surface area contributed by atoms with Crippen molar-refractivity contribution in [2.24, 2.45) is 0 Å². The first kappa shape index (κ1) is 15.8. The van der Waals surface area contributed by atoms with Crippen molar-refractivity contribution in [1.29, 1.82) is 0 Å². The summed E-state index contributed by atoms with van der Waals surface area (Å²) in [6, 6.07) is 9.22. The van der Waals surface area contributed by atoms with Crippen LogP contribution >= 0.6 is 0 Å². The molecule has 0 unspecified atom stereocenters. The van der Waals surface area contributed by atoms with E-state index < -0.39 is 0 Å². The first-order valence-electron chi connectivity index (χ1n) is 6.95. The Kier molecular flexibility index (Phi) is 4.31. The molecule has 2 rings (SSSR count). The van der Waals surface area contributed by atoms with Gasteiger partial charge in [0.05, 0.1) is 11.1 Å². The van der Waals surface area contributed by atoms with Crippen molar-refractivity contribution in [2.75, 3.05) is 0 Å². The fourth-order valence-electron chi connectivity index (χ4n) is 2.60. The second-order valence-corrected chi connectivity index (χ2v) is 5.18. The Bertz CT molecular complexity index is 760. The third-order valence-corrected chi connectivity index (χ3v) is 3.44. The SMILES string of the molecule is CC(=O)/C(=C(\C)O)c1oc(C)c(C(C)=O)c1-c1ccccc1. The van der Waals surface area contributed by atoms with Crippen molar-refractivity contribution in [2.45, 2.75) is 27.7 Å². The van der Waals surface area contributed by atoms with Crippen molar-refractivity contribution in [3.63, 3.8) is 0 Å². The lowest BCUT2D eigenvalue weighted by Gasteiger charge is -2.07. The van der Waals surface area contributed by atoms with Crippen LogP contribution in [0.5, 0.6) is 0 Å². The minimum Gasteiger partial charge on any atom is -0.512 e. The van der Waals surface area contributed by atoms with E-state index >= 15 is 0 Å². The van der Waals surface area contributed by atoms with Gasteiger partial charge >= 0.3 is 0 Å². The van der Waals surface area contributed by atoms with E-state index in [4.69, 9.17) is 4.42 Å². The van der Waals surface area contributed by atoms with Crippen LogP contribution in [0.4, 0.5) is 0 Å². The number of hydrogen-bond acceptors (Lipinski definition) is 4. The third-order valence-electron chi connectivity index (χ3n) is 3.44. The van der Waals surface area contributed by atoms with Gasteiger partial charge in [-0.2, -0.15) is 0 Å². The number of carbonyl (C=O) groups is 2. The quantitative estimate of drug-likeness (QED) is 0.518. The summed E-state index contributed by atoms with van der Waals surface area (Å²) in [6.07, 6.45) is 0. The smallest absolute Gasteiger partial charge is 0.166 e. The summed E-state index contributed by atoms with van der Waals surface area (Å²) in [4.78, 5) is 23.9. The monoisotopic (exact) mass is 298 g/mol. The van der Waals surface area contributed by atoms with Crippen LogP contribution in [0.2, 0.25) is 0 Å². The van der Waals surface area contributed by atoms with E-state index in [1.54, 1.807) is 6.92 Å². The number of benzene rings is 1. The molecule has 2 aromatic rings. The molecule has 0 aliphatic heterocycles. The van der Waals surface area contributed by atoms with E-state index in [-0.39, 0.29) is 28.7 Å². The zero-order chi connectivity index (χ0) is 16.4. The molecule has 0 amide bonds. The minimum absolute atomic E-state index is 0.0921. The lowest BCUT2D eigenvalue weighted by molar-refractivity contribution is -0.112. The van der Waals surface area contributed by atoms with E-state index in [1.165, 1.54) is 20.8 Å². The van der Waals surface area contributed by atoms with Gasteiger partial charge in [-0.25, -0.2) is 0 Å². The van der Waals surface area contributed by atoms with Crippen LogP contribution in [0.3, 0.4) is 0 Å². The predicted octanol–water partition coefficient (Wildman–Crippen LogP) is 4.34. The highest BCUT2D eigenvalue weighted by Gasteiger charge is 2.27. The number of ketones is 2. The summed E-state index contributed by atoms with van der Waals surface area (Å²) in [6.45, 7) is 5.92. The molecule has 22 heavy (non-hydrogen) atoms. The number of rotatable bonds is 4. The summed E-state index contributed by atoms with van der Waals surface area (Å²) in [7, 11) is 0. The number of aryl methyl sites for hydroxylation is 1. The molecule has 0 fully saturated rings. The second kappa shape index (κ2) is 6.02. The van der Waals surface area contributed by atoms with Crippen LogP contribution < -0.4 is 0 Å². The van der Waals surface area contributed by atoms with Crippen molar-refractivity contribution in [3.05, 3.63) is 53.2 Å². The summed E-state index contributed by atoms with van der Waals surface area (Å²) in [5.74, 6) is 0.0715. The van der Waals surface area contributed by atoms with Gasteiger partial charge in [-0.3, -0.25) is 9.59 Å². The number of hydrogen-bond donors (Lipinski definition) is 1. The highest BCUT2D eigenvalue weighted by molar-refractivity contribution is 6.22. The van der Waals surface area contributed by atoms with E-state index in [2.05, 4.69) is 0 Å². The van der Waals surface area contributed by atoms with Gasteiger partial charge in [-0.1, -0.05) is 30.3 Å². The molecule has 0 bridgehead atoms. The van der Waals surface area contributed by atoms with Gasteiger partial charge in [-0.15, -0.1) is 0 Å². The Morgan fingerprint density at radius 1 is 1.05 bits per heavy atom. The molecule has 0 saturated heterocycles. The van der Waals surface area contributed by atoms with E-state index in [0.717, 1.165) is 5.56 Å². The number of Topliss-reactive ketones (excluding diaryl/α,β-unsaturated/α-hetero) is 2. The lowest BCUT2D eigenvalue weighted by Crippen LogP contribution is -2.01. The molecule has 0 radical (unpaired) electrons. The van der Waals surface area contributed by atoms with Gasteiger partial charge in [0.15, 0.2) is 11.6 Å². The first-order valence-corrected chi connectivity index (χ1v) is 6.95. The zero-order valence-corrected chi connectivity index (χ0v) is 13.1. The molecule has 1 aromatic heterocycles. The van der Waals surface area contributed by atoms with Crippen molar-refractivity contribution < 1.29 is 19.1 Å². The molecular weight excluding hydrogens is 280 g/mol. The number of carbonyl (C=O) groups excluding carboxylic acids is 2. The van der Waals surface area contributed by atoms with Crippen molar-refractivity contribution in [1.82, 2.24) is 0 Å². The minimum atomic E-state index is -0.318. The first-order chi connectivity index (χ1) is 10.3. The van der Waals surface area contributed by atoms with Gasteiger partial charge in [0, 0.05) is 5.56 Å². The largest absolute Gasteiger partial charge is 0.512 e. The van der Waals surface area contributed by atoms with Crippen LogP contribution in [-0.4, -0.2) is 16.7 Å². The molecule has 0 aliphatic rings. The zero-order valence-electron chi connectivity index (χ0n) is 13.1. The van der Waals surface area contributed by atoms with Crippen LogP contribution in [0.1, 0.15) is 42.6 Å². The molecule has 1 aromatic carbocycles. The average Bonchev–Trinajstić information content (AvgIpc) is 2.76. The van der Waals surface area contributed by atoms with Crippen LogP contribution in [0.25, 0.3) is 16.7 Å². The molecule has 4 heteroatoms. The maximum Gasteiger partial charge on any atom is 0.166 e. The maximum absolute atomic E-state index is 12.0. The van der Waals surface area contributed by atoms with E-state index in [0.29, 0.717) is 16.9 Å². The van der Waals surface area contributed by atoms with Gasteiger partial charge in [-0.05, 0) is 33.3 Å². The van der Waals surface area contributed by atoms with E-state index in [9.17, 15) is 14.7 Å². The predicted molar refractivity (Wildman–Crippen MR) is 84.8 cm³/mol. The molecule has 0 atom stereocenters. The topological polar surface area (TPSA) is 67.5 Å². The van der Waals surface area contributed by atoms with E-state index in [1.807, 2.05) is 30.3 Å². The number of aliphatic hydroxyl groups is 1. The average molecular weight is 298 g/mol. The number of furan rings is 1. The van der Waals surface area contributed by atoms with Gasteiger partial charge in [0.1, 0.15) is 17.3 Å². The summed E-state index contributed by atoms with van der Waals surface area (Å²) in [5.41, 5.74) is 1.83. The summed E-state index contributed by atoms with van der Waals surface area (Å²) < 4.78 is 5.69. The molecule has 114 valence electrons. The second-order valence-electron chi connectivity index (χ2n) is 5.18. The van der Waals surface area contributed by atoms with Gasteiger partial charge < -0.3 is 9.52 Å². The Morgan fingerprint density at radius 2 is 1.64 bits per heavy atom. The summed E-state index contributed by atoms with van der Waals surface area (Å²) >= 11 is 0. The Hall–Kier alpha value is -2.62. The van der Waals surface area contributed by atoms with Crippen LogP contribution in [-0.2, 0) is 4.79 Å². The normalized spacial score (nSPS) is 12.0. The maximum atomic E-state index is 12.0. The Morgan fingerprint density at radius 3 is 2.09 bits per heavy atom. The standard InChI is InChI=1S/C18H18O4/c1-10(19)15(11(2)20)18-17(14-8-6-5-7-9-14)16(12(3)21)13(4)22-18/h5-9,19H,1-4H3/b15-10-. The Labute approximate surface area is 129 Å². The fourth-order valence-corrected chi connectivity index (χ4v) is 2.60. The molecule has 1 heterocycles. The Balaban J connectivity index is 2.88. The molecule has 4 nitrogen and oxygen atoms in total. The molecule has 0 spiro atoms. The van der Waals surface area contributed by atoms with Crippen molar-refractivity contribution in [3.8, 4) is 11.1 Å². The molecule has 1 N–H and O–H groups in total. The highest BCUT2D eigenvalue weighted by Crippen LogP contribution is 2.37. The van der Waals surface area contributed by atoms with Gasteiger partial charge in [0.2, 0.25) is 0 Å². The molecule has 0 aliphatic carbocycles. The van der Waals surface area contributed by atoms with Crippen LogP contribution in [0.15, 0.2) is 40.5 Å². The number of allylic oxidation sites excluding steroid dienone is 2. The molecular formula is C18H18O4. The summed E-state index contributed by atoms with van der Waals surface area (Å²) in [5, 5.41) is 9.86. The third kappa shape index (κ3) is 2.72. The molecule has 0 saturated carbocycles. The van der Waals surface area contributed by atoms with Crippen LogP contribution in [0, 0.1) is 6.92 Å². The lowest BCUT2D eigenvalue weighted by atomic mass is 9.94. The number of aliphatic hydroxyl groups excluding tert-OH is 1. The highest BCUT2D eigenvalue weighted by atomic mass is 16.3. The van der Waals surface area contributed by atoms with Gasteiger partial charge in [0.25, 0.3) is 0 Å².